The number of rotatable bonds is 5. The van der Waals surface area contributed by atoms with Gasteiger partial charge in [-0.3, -0.25) is 0 Å². The molecule has 1 heterocycles. The second-order valence-corrected chi connectivity index (χ2v) is 11.9. The number of aromatic nitrogens is 1. The van der Waals surface area contributed by atoms with Crippen molar-refractivity contribution in [3.8, 4) is 0 Å². The Labute approximate surface area is 186 Å². The van der Waals surface area contributed by atoms with E-state index >= 15 is 0 Å². The lowest BCUT2D eigenvalue weighted by Gasteiger charge is -2.54. The maximum absolute atomic E-state index is 12.3. The Hall–Kier alpha value is -1.78. The summed E-state index contributed by atoms with van der Waals surface area (Å²) in [5.74, 6) is 2.87. The zero-order valence-corrected chi connectivity index (χ0v) is 19.4. The van der Waals surface area contributed by atoms with Gasteiger partial charge in [0.2, 0.25) is 0 Å². The van der Waals surface area contributed by atoms with Gasteiger partial charge in [0.15, 0.2) is 0 Å². The molecule has 0 unspecified atom stereocenters. The highest BCUT2D eigenvalue weighted by Crippen LogP contribution is 2.54. The van der Waals surface area contributed by atoms with Crippen molar-refractivity contribution in [3.05, 3.63) is 17.3 Å². The summed E-state index contributed by atoms with van der Waals surface area (Å²) in [7, 11) is 0. The summed E-state index contributed by atoms with van der Waals surface area (Å²) < 4.78 is 0. The molecule has 1 aromatic heterocycles. The first-order chi connectivity index (χ1) is 14.8. The summed E-state index contributed by atoms with van der Waals surface area (Å²) in [5, 5.41) is 17.4. The van der Waals surface area contributed by atoms with Crippen molar-refractivity contribution in [2.24, 2.45) is 23.7 Å². The predicted octanol–water partition coefficient (Wildman–Crippen LogP) is 6.06. The number of hydrogen-bond acceptors (Lipinski definition) is 4. The van der Waals surface area contributed by atoms with Gasteiger partial charge in [0.25, 0.3) is 0 Å². The van der Waals surface area contributed by atoms with Gasteiger partial charge in [-0.25, -0.2) is 9.78 Å². The van der Waals surface area contributed by atoms with E-state index in [9.17, 15) is 9.90 Å². The standard InChI is InChI=1S/C26H39N3O2/c1-26(2,3)23-21(27-19-7-5-4-6-8-19)14-20(25(30)31)24(29-23)28-22-17-10-15-9-16(12-17)13-18(22)11-15/h14-19,22,27H,4-13H2,1-3H3,(H,28,29)(H,30,31). The molecular formula is C26H39N3O2. The van der Waals surface area contributed by atoms with E-state index < -0.39 is 5.97 Å². The van der Waals surface area contributed by atoms with E-state index in [1.165, 1.54) is 51.4 Å². The Morgan fingerprint density at radius 2 is 1.58 bits per heavy atom. The van der Waals surface area contributed by atoms with E-state index in [2.05, 4.69) is 31.4 Å². The van der Waals surface area contributed by atoms with Gasteiger partial charge in [-0.15, -0.1) is 0 Å². The normalized spacial score (nSPS) is 32.8. The first kappa shape index (κ1) is 21.1. The zero-order chi connectivity index (χ0) is 21.8. The van der Waals surface area contributed by atoms with Crippen molar-refractivity contribution in [1.29, 1.82) is 0 Å². The van der Waals surface area contributed by atoms with Crippen LogP contribution in [0.3, 0.4) is 0 Å². The average Bonchev–Trinajstić information content (AvgIpc) is 2.70. The predicted molar refractivity (Wildman–Crippen MR) is 125 cm³/mol. The van der Waals surface area contributed by atoms with Crippen LogP contribution in [-0.4, -0.2) is 28.1 Å². The summed E-state index contributed by atoms with van der Waals surface area (Å²) in [4.78, 5) is 17.3. The Balaban J connectivity index is 1.47. The van der Waals surface area contributed by atoms with Gasteiger partial charge in [-0.1, -0.05) is 40.0 Å². The Morgan fingerprint density at radius 3 is 2.13 bits per heavy atom. The number of anilines is 2. The molecule has 6 rings (SSSR count). The van der Waals surface area contributed by atoms with Crippen LogP contribution in [0.2, 0.25) is 0 Å². The largest absolute Gasteiger partial charge is 0.478 e. The number of nitrogens with zero attached hydrogens (tertiary/aromatic N) is 1. The van der Waals surface area contributed by atoms with E-state index in [0.717, 1.165) is 36.1 Å². The van der Waals surface area contributed by atoms with Crippen LogP contribution in [0.15, 0.2) is 6.07 Å². The van der Waals surface area contributed by atoms with Gasteiger partial charge in [-0.05, 0) is 74.7 Å². The molecule has 3 N–H and O–H groups in total. The van der Waals surface area contributed by atoms with Gasteiger partial charge >= 0.3 is 5.97 Å². The number of nitrogens with one attached hydrogen (secondary N) is 2. The summed E-state index contributed by atoms with van der Waals surface area (Å²) in [5.41, 5.74) is 2.05. The fraction of sp³-hybridized carbons (Fsp3) is 0.769. The third-order valence-electron chi connectivity index (χ3n) is 8.46. The van der Waals surface area contributed by atoms with Gasteiger partial charge in [0.1, 0.15) is 11.4 Å². The fourth-order valence-electron chi connectivity index (χ4n) is 7.25. The minimum absolute atomic E-state index is 0.158. The zero-order valence-electron chi connectivity index (χ0n) is 19.4. The highest BCUT2D eigenvalue weighted by Gasteiger charge is 2.48. The van der Waals surface area contributed by atoms with E-state index in [-0.39, 0.29) is 5.41 Å². The summed E-state index contributed by atoms with van der Waals surface area (Å²) in [6.07, 6.45) is 12.7. The quantitative estimate of drug-likeness (QED) is 0.535. The average molecular weight is 426 g/mol. The van der Waals surface area contributed by atoms with Crippen molar-refractivity contribution in [2.75, 3.05) is 10.6 Å². The molecule has 5 aliphatic rings. The molecule has 0 aliphatic heterocycles. The van der Waals surface area contributed by atoms with E-state index in [0.29, 0.717) is 35.3 Å². The van der Waals surface area contributed by atoms with Crippen molar-refractivity contribution in [3.63, 3.8) is 0 Å². The molecule has 170 valence electrons. The van der Waals surface area contributed by atoms with Crippen LogP contribution in [0.25, 0.3) is 0 Å². The molecular weight excluding hydrogens is 386 g/mol. The molecule has 31 heavy (non-hydrogen) atoms. The van der Waals surface area contributed by atoms with Gasteiger partial charge in [0.05, 0.1) is 11.4 Å². The lowest BCUT2D eigenvalue weighted by atomic mass is 9.54. The van der Waals surface area contributed by atoms with E-state index in [4.69, 9.17) is 4.98 Å². The summed E-state index contributed by atoms with van der Waals surface area (Å²) in [6, 6.07) is 2.66. The number of carbonyl (C=O) groups is 1. The molecule has 5 heteroatoms. The molecule has 0 atom stereocenters. The lowest BCUT2D eigenvalue weighted by Crippen LogP contribution is -2.51. The smallest absolute Gasteiger partial charge is 0.339 e. The molecule has 5 fully saturated rings. The van der Waals surface area contributed by atoms with Gasteiger partial charge < -0.3 is 15.7 Å². The van der Waals surface area contributed by atoms with E-state index in [1.54, 1.807) is 0 Å². The maximum Gasteiger partial charge on any atom is 0.339 e. The van der Waals surface area contributed by atoms with Crippen LogP contribution < -0.4 is 10.6 Å². The van der Waals surface area contributed by atoms with Gasteiger partial charge in [-0.2, -0.15) is 0 Å². The van der Waals surface area contributed by atoms with Crippen LogP contribution in [0, 0.1) is 23.7 Å². The Kier molecular flexibility index (Phi) is 5.42. The van der Waals surface area contributed by atoms with E-state index in [1.807, 2.05) is 6.07 Å². The van der Waals surface area contributed by atoms with Gasteiger partial charge in [0, 0.05) is 17.5 Å². The maximum atomic E-state index is 12.3. The molecule has 5 nitrogen and oxygen atoms in total. The van der Waals surface area contributed by atoms with Crippen LogP contribution in [-0.2, 0) is 5.41 Å². The third kappa shape index (κ3) is 4.17. The molecule has 1 aromatic rings. The monoisotopic (exact) mass is 425 g/mol. The van der Waals surface area contributed by atoms with Crippen molar-refractivity contribution >= 4 is 17.5 Å². The third-order valence-corrected chi connectivity index (χ3v) is 8.46. The fourth-order valence-corrected chi connectivity index (χ4v) is 7.25. The molecule has 0 aromatic carbocycles. The second-order valence-electron chi connectivity index (χ2n) is 11.9. The molecule has 0 radical (unpaired) electrons. The summed E-state index contributed by atoms with van der Waals surface area (Å²) in [6.45, 7) is 6.53. The first-order valence-corrected chi connectivity index (χ1v) is 12.6. The van der Waals surface area contributed by atoms with Crippen molar-refractivity contribution in [1.82, 2.24) is 4.98 Å². The highest BCUT2D eigenvalue weighted by molar-refractivity contribution is 5.94. The minimum atomic E-state index is -0.883. The SMILES string of the molecule is CC(C)(C)c1nc(NC2C3CC4CC(C3)CC2C4)c(C(=O)O)cc1NC1CCCCC1. The summed E-state index contributed by atoms with van der Waals surface area (Å²) >= 11 is 0. The molecule has 5 saturated carbocycles. The van der Waals surface area contributed by atoms with Crippen LogP contribution in [0.5, 0.6) is 0 Å². The topological polar surface area (TPSA) is 74.2 Å². The Bertz CT molecular complexity index is 810. The second kappa shape index (κ2) is 7.97. The number of carboxylic acid groups (broad SMARTS) is 1. The molecule has 5 aliphatic carbocycles. The number of pyridine rings is 1. The molecule has 4 bridgehead atoms. The minimum Gasteiger partial charge on any atom is -0.478 e. The highest BCUT2D eigenvalue weighted by atomic mass is 16.4. The molecule has 0 saturated heterocycles. The Morgan fingerprint density at radius 1 is 0.968 bits per heavy atom. The van der Waals surface area contributed by atoms with Crippen LogP contribution in [0.1, 0.15) is 101 Å². The van der Waals surface area contributed by atoms with Crippen molar-refractivity contribution < 1.29 is 9.90 Å². The van der Waals surface area contributed by atoms with Crippen LogP contribution in [0.4, 0.5) is 11.5 Å². The van der Waals surface area contributed by atoms with Crippen LogP contribution >= 0.6 is 0 Å². The number of hydrogen-bond donors (Lipinski definition) is 3. The van der Waals surface area contributed by atoms with Crippen molar-refractivity contribution in [2.45, 2.75) is 102 Å². The number of aromatic carboxylic acids is 1. The number of carboxylic acids is 1. The lowest BCUT2D eigenvalue weighted by molar-refractivity contribution is 0.00735. The first-order valence-electron chi connectivity index (χ1n) is 12.6. The molecule has 0 spiro atoms. The molecule has 0 amide bonds.